The number of allylic oxidation sites excluding steroid dienone is 1. The largest absolute Gasteiger partial charge is 0.497 e. The molecule has 0 aliphatic carbocycles. The molecule has 7 rings (SSSR count). The highest BCUT2D eigenvalue weighted by molar-refractivity contribution is 6.16. The molecule has 1 saturated heterocycles. The number of aryl methyl sites for hydroxylation is 2. The third kappa shape index (κ3) is 6.49. The van der Waals surface area contributed by atoms with Gasteiger partial charge in [-0.2, -0.15) is 5.10 Å². The maximum Gasteiger partial charge on any atom is 0.323 e. The lowest BCUT2D eigenvalue weighted by molar-refractivity contribution is 0.0615. The lowest BCUT2D eigenvalue weighted by atomic mass is 10.0. The number of H-pyrrole nitrogens is 1. The van der Waals surface area contributed by atoms with Crippen molar-refractivity contribution in [3.05, 3.63) is 94.3 Å². The van der Waals surface area contributed by atoms with Crippen LogP contribution in [0, 0.1) is 19.7 Å². The van der Waals surface area contributed by atoms with Crippen LogP contribution in [-0.2, 0) is 7.05 Å². The van der Waals surface area contributed by atoms with Crippen molar-refractivity contribution in [2.45, 2.75) is 13.8 Å². The zero-order chi connectivity index (χ0) is 36.7. The highest BCUT2D eigenvalue weighted by atomic mass is 19.1. The molecule has 2 aliphatic rings. The summed E-state index contributed by atoms with van der Waals surface area (Å²) in [5, 5.41) is 19.7. The lowest BCUT2D eigenvalue weighted by Crippen LogP contribution is -2.49. The van der Waals surface area contributed by atoms with E-state index >= 15 is 4.39 Å². The van der Waals surface area contributed by atoms with Crippen LogP contribution in [0.3, 0.4) is 0 Å². The first-order chi connectivity index (χ1) is 25.0. The molecular weight excluding hydrogens is 669 g/mol. The number of hydrogen-bond donors (Lipinski definition) is 4. The fourth-order valence-electron chi connectivity index (χ4n) is 6.73. The number of nitrogens with zero attached hydrogens (tertiary/aromatic N) is 4. The molecular formula is C38H38FN7O6. The van der Waals surface area contributed by atoms with Crippen molar-refractivity contribution < 1.29 is 33.4 Å². The van der Waals surface area contributed by atoms with Crippen LogP contribution in [0.5, 0.6) is 11.5 Å². The van der Waals surface area contributed by atoms with Gasteiger partial charge in [-0.3, -0.25) is 19.2 Å². The third-order valence-electron chi connectivity index (χ3n) is 9.53. The van der Waals surface area contributed by atoms with Crippen molar-refractivity contribution in [2.24, 2.45) is 7.05 Å². The van der Waals surface area contributed by atoms with Crippen LogP contribution in [0.4, 0.5) is 20.6 Å². The molecule has 0 spiro atoms. The maximum atomic E-state index is 15.3. The van der Waals surface area contributed by atoms with E-state index in [0.29, 0.717) is 77.8 Å². The van der Waals surface area contributed by atoms with E-state index in [9.17, 15) is 14.4 Å². The van der Waals surface area contributed by atoms with Gasteiger partial charge in [0.25, 0.3) is 5.91 Å². The summed E-state index contributed by atoms with van der Waals surface area (Å²) in [6.45, 7) is 7.03. The molecule has 5 aromatic rings. The smallest absolute Gasteiger partial charge is 0.323 e. The molecule has 3 aromatic carbocycles. The van der Waals surface area contributed by atoms with E-state index in [1.54, 1.807) is 58.1 Å². The third-order valence-corrected chi connectivity index (χ3v) is 9.53. The number of ether oxygens (including phenoxy) is 2. The average molecular weight is 708 g/mol. The van der Waals surface area contributed by atoms with Crippen LogP contribution >= 0.6 is 0 Å². The SMILES string of the molecule is COc1cc(F)c2[nH]c(-c3c(C)nn(C)c3C)c(/C=C3\Oc4ccc(NC(=O)Nc5ccc(C(=O)N6CCN(CCO)CC6)cc5)cc4C3=O)c2c1. The number of Topliss-reactive ketones (excluding diaryl/α,β-unsaturated/α-hetero) is 1. The Bertz CT molecular complexity index is 2250. The van der Waals surface area contributed by atoms with Crippen LogP contribution in [0.2, 0.25) is 0 Å². The van der Waals surface area contributed by atoms with Crippen LogP contribution in [-0.4, -0.2) is 93.8 Å². The van der Waals surface area contributed by atoms with Crippen molar-refractivity contribution in [3.8, 4) is 22.8 Å². The van der Waals surface area contributed by atoms with Gasteiger partial charge in [0.15, 0.2) is 11.6 Å². The van der Waals surface area contributed by atoms with Crippen LogP contribution in [0.15, 0.2) is 60.4 Å². The number of piperazine rings is 1. The number of ketones is 1. The number of aromatic amines is 1. The van der Waals surface area contributed by atoms with Crippen molar-refractivity contribution in [3.63, 3.8) is 0 Å². The molecule has 52 heavy (non-hydrogen) atoms. The number of anilines is 2. The average Bonchev–Trinajstić information content (AvgIpc) is 3.74. The van der Waals surface area contributed by atoms with Gasteiger partial charge in [-0.1, -0.05) is 0 Å². The minimum Gasteiger partial charge on any atom is -0.497 e. The standard InChI is InChI=1S/C38H38FN7O6/c1-21-33(22(2)44(3)43-21)35-28(27-18-26(51-4)19-30(39)34(27)42-35)20-32-36(48)29-17-25(9-10-31(29)52-32)41-38(50)40-24-7-5-23(6-8-24)37(49)46-13-11-45(12-14-46)15-16-47/h5-10,17-20,42,47H,11-16H2,1-4H3,(H2,40,41,50)/b32-20-. The van der Waals surface area contributed by atoms with Gasteiger partial charge in [0.05, 0.1) is 36.2 Å². The molecule has 0 bridgehead atoms. The monoisotopic (exact) mass is 707 g/mol. The second-order valence-corrected chi connectivity index (χ2v) is 12.8. The summed E-state index contributed by atoms with van der Waals surface area (Å²) in [5.74, 6) is -0.339. The van der Waals surface area contributed by atoms with Gasteiger partial charge >= 0.3 is 6.03 Å². The number of fused-ring (bicyclic) bond motifs is 2. The second kappa shape index (κ2) is 14.0. The number of hydrogen-bond acceptors (Lipinski definition) is 8. The second-order valence-electron chi connectivity index (χ2n) is 12.8. The molecule has 0 radical (unpaired) electrons. The number of carbonyl (C=O) groups excluding carboxylic acids is 3. The predicted molar refractivity (Wildman–Crippen MR) is 194 cm³/mol. The van der Waals surface area contributed by atoms with Gasteiger partial charge in [0, 0.05) is 85.0 Å². The maximum absolute atomic E-state index is 15.3. The van der Waals surface area contributed by atoms with E-state index in [4.69, 9.17) is 14.6 Å². The van der Waals surface area contributed by atoms with Gasteiger partial charge in [0.2, 0.25) is 5.78 Å². The van der Waals surface area contributed by atoms with Crippen molar-refractivity contribution >= 4 is 46.1 Å². The molecule has 1 fully saturated rings. The van der Waals surface area contributed by atoms with E-state index in [0.717, 1.165) is 17.0 Å². The summed E-state index contributed by atoms with van der Waals surface area (Å²) in [4.78, 5) is 46.7. The number of amides is 3. The number of aromatic nitrogens is 3. The Labute approximate surface area is 298 Å². The minimum atomic E-state index is -0.539. The van der Waals surface area contributed by atoms with Crippen LogP contribution in [0.25, 0.3) is 28.2 Å². The van der Waals surface area contributed by atoms with Gasteiger partial charge in [-0.15, -0.1) is 0 Å². The highest BCUT2D eigenvalue weighted by Gasteiger charge is 2.30. The van der Waals surface area contributed by atoms with Crippen LogP contribution < -0.4 is 20.1 Å². The van der Waals surface area contributed by atoms with Gasteiger partial charge in [0.1, 0.15) is 11.5 Å². The molecule has 0 atom stereocenters. The zero-order valence-corrected chi connectivity index (χ0v) is 29.2. The van der Waals surface area contributed by atoms with Crippen molar-refractivity contribution in [1.29, 1.82) is 0 Å². The number of urea groups is 1. The molecule has 4 N–H and O–H groups in total. The van der Waals surface area contributed by atoms with Crippen molar-refractivity contribution in [2.75, 3.05) is 57.1 Å². The zero-order valence-electron chi connectivity index (χ0n) is 29.2. The number of β-amino-alcohol motifs (C(OH)–C–C–N with tert-alkyl or cyclic N) is 1. The fraction of sp³-hybridized carbons (Fsp3) is 0.263. The minimum absolute atomic E-state index is 0.0304. The molecule has 268 valence electrons. The number of aliphatic hydroxyl groups is 1. The molecule has 4 heterocycles. The number of halogens is 1. The van der Waals surface area contributed by atoms with E-state index in [1.165, 1.54) is 19.2 Å². The van der Waals surface area contributed by atoms with E-state index < -0.39 is 17.6 Å². The molecule has 2 aromatic heterocycles. The summed E-state index contributed by atoms with van der Waals surface area (Å²) in [6, 6.07) is 13.8. The molecule has 0 saturated carbocycles. The van der Waals surface area contributed by atoms with Gasteiger partial charge in [-0.05, 0) is 68.5 Å². The summed E-state index contributed by atoms with van der Waals surface area (Å²) < 4.78 is 28.4. The van der Waals surface area contributed by atoms with Crippen LogP contribution in [0.1, 0.15) is 37.7 Å². The Kier molecular flexibility index (Phi) is 9.25. The summed E-state index contributed by atoms with van der Waals surface area (Å²) in [7, 11) is 3.28. The fourth-order valence-corrected chi connectivity index (χ4v) is 6.73. The Balaban J connectivity index is 1.07. The molecule has 13 nitrogen and oxygen atoms in total. The molecule has 14 heteroatoms. The van der Waals surface area contributed by atoms with E-state index in [1.807, 2.05) is 20.9 Å². The van der Waals surface area contributed by atoms with Crippen molar-refractivity contribution in [1.82, 2.24) is 24.6 Å². The summed E-state index contributed by atoms with van der Waals surface area (Å²) in [6.07, 6.45) is 1.59. The number of nitrogens with one attached hydrogen (secondary N) is 3. The Morgan fingerprint density at radius 2 is 1.75 bits per heavy atom. The Hall–Kier alpha value is -5.99. The normalized spacial score (nSPS) is 15.2. The molecule has 0 unspecified atom stereocenters. The first kappa shape index (κ1) is 34.5. The van der Waals surface area contributed by atoms with Gasteiger partial charge < -0.3 is 35.1 Å². The number of methoxy groups -OCH3 is 1. The Morgan fingerprint density at radius 1 is 1.04 bits per heavy atom. The number of benzene rings is 3. The molecule has 2 aliphatic heterocycles. The number of aliphatic hydroxyl groups excluding tert-OH is 1. The topological polar surface area (TPSA) is 154 Å². The summed E-state index contributed by atoms with van der Waals surface area (Å²) in [5.41, 5.74) is 5.33. The van der Waals surface area contributed by atoms with E-state index in [2.05, 4.69) is 25.6 Å². The highest BCUT2D eigenvalue weighted by Crippen LogP contribution is 2.40. The molecule has 3 amide bonds. The lowest BCUT2D eigenvalue weighted by Gasteiger charge is -2.34. The summed E-state index contributed by atoms with van der Waals surface area (Å²) >= 11 is 0. The number of rotatable bonds is 8. The van der Waals surface area contributed by atoms with Gasteiger partial charge in [-0.25, -0.2) is 9.18 Å². The Morgan fingerprint density at radius 3 is 2.42 bits per heavy atom. The number of carbonyl (C=O) groups is 3. The van der Waals surface area contributed by atoms with E-state index in [-0.39, 0.29) is 29.4 Å². The first-order valence-corrected chi connectivity index (χ1v) is 16.8. The quantitative estimate of drug-likeness (QED) is 0.158. The predicted octanol–water partition coefficient (Wildman–Crippen LogP) is 5.34. The first-order valence-electron chi connectivity index (χ1n) is 16.8.